The number of aryl methyl sites for hydroxylation is 1. The molecule has 0 amide bonds. The van der Waals surface area contributed by atoms with Crippen LogP contribution in [0.5, 0.6) is 0 Å². The highest BCUT2D eigenvalue weighted by atomic mass is 16.5. The highest BCUT2D eigenvalue weighted by Gasteiger charge is 2.31. The van der Waals surface area contributed by atoms with Gasteiger partial charge in [0, 0.05) is 25.9 Å². The van der Waals surface area contributed by atoms with E-state index in [-0.39, 0.29) is 11.2 Å². The molecular weight excluding hydrogens is 290 g/mol. The van der Waals surface area contributed by atoms with Crippen LogP contribution < -0.4 is 10.5 Å². The molecule has 0 aromatic carbocycles. The second-order valence-electron chi connectivity index (χ2n) is 6.31. The molecule has 120 valence electrons. The highest BCUT2D eigenvalue weighted by molar-refractivity contribution is 5.91. The summed E-state index contributed by atoms with van der Waals surface area (Å²) < 4.78 is 5.60. The van der Waals surface area contributed by atoms with E-state index in [9.17, 15) is 4.79 Å². The van der Waals surface area contributed by atoms with Crippen molar-refractivity contribution in [2.75, 3.05) is 25.1 Å². The molecule has 0 unspecified atom stereocenters. The SMILES string of the molecule is C#Cc1c(N2CCC(C)(OC)CC2)c2nc(C)ccc2[nH]c1=O. The molecule has 5 nitrogen and oxygen atoms in total. The minimum absolute atomic E-state index is 0.118. The fourth-order valence-electron chi connectivity index (χ4n) is 3.10. The number of hydrogen-bond acceptors (Lipinski definition) is 4. The Morgan fingerprint density at radius 2 is 2.09 bits per heavy atom. The van der Waals surface area contributed by atoms with Gasteiger partial charge in [0.25, 0.3) is 5.56 Å². The van der Waals surface area contributed by atoms with E-state index in [4.69, 9.17) is 11.2 Å². The molecule has 2 aromatic rings. The molecule has 0 atom stereocenters. The molecule has 23 heavy (non-hydrogen) atoms. The largest absolute Gasteiger partial charge is 0.378 e. The van der Waals surface area contributed by atoms with Crippen molar-refractivity contribution in [2.24, 2.45) is 0 Å². The van der Waals surface area contributed by atoms with E-state index in [1.54, 1.807) is 7.11 Å². The van der Waals surface area contributed by atoms with Gasteiger partial charge in [-0.1, -0.05) is 5.92 Å². The number of terminal acetylenes is 1. The number of H-pyrrole nitrogens is 1. The van der Waals surface area contributed by atoms with Gasteiger partial charge in [-0.2, -0.15) is 0 Å². The Hall–Kier alpha value is -2.32. The molecule has 2 aromatic heterocycles. The van der Waals surface area contributed by atoms with Crippen LogP contribution in [0.15, 0.2) is 16.9 Å². The third-order valence-corrected chi connectivity index (χ3v) is 4.75. The molecule has 0 saturated carbocycles. The van der Waals surface area contributed by atoms with Gasteiger partial charge in [0.2, 0.25) is 0 Å². The Balaban J connectivity index is 2.14. The van der Waals surface area contributed by atoms with E-state index in [0.29, 0.717) is 5.56 Å². The minimum atomic E-state index is -0.235. The molecule has 0 radical (unpaired) electrons. The summed E-state index contributed by atoms with van der Waals surface area (Å²) >= 11 is 0. The second kappa shape index (κ2) is 5.71. The Labute approximate surface area is 135 Å². The van der Waals surface area contributed by atoms with Crippen LogP contribution >= 0.6 is 0 Å². The zero-order chi connectivity index (χ0) is 16.6. The van der Waals surface area contributed by atoms with Crippen LogP contribution in [-0.2, 0) is 4.74 Å². The van der Waals surface area contributed by atoms with Crippen molar-refractivity contribution in [3.63, 3.8) is 0 Å². The molecule has 1 fully saturated rings. The van der Waals surface area contributed by atoms with Crippen LogP contribution in [0.1, 0.15) is 31.0 Å². The first-order valence-electron chi connectivity index (χ1n) is 7.78. The van der Waals surface area contributed by atoms with Gasteiger partial charge in [-0.3, -0.25) is 4.79 Å². The number of fused-ring (bicyclic) bond motifs is 1. The molecule has 1 saturated heterocycles. The third kappa shape index (κ3) is 2.71. The molecule has 1 N–H and O–H groups in total. The van der Waals surface area contributed by atoms with Crippen LogP contribution in [0.4, 0.5) is 5.69 Å². The number of ether oxygens (including phenoxy) is 1. The van der Waals surface area contributed by atoms with Gasteiger partial charge in [0.05, 0.1) is 16.8 Å². The van der Waals surface area contributed by atoms with Crippen molar-refractivity contribution in [3.8, 4) is 12.3 Å². The first-order valence-corrected chi connectivity index (χ1v) is 7.78. The average Bonchev–Trinajstić information content (AvgIpc) is 2.55. The van der Waals surface area contributed by atoms with Crippen molar-refractivity contribution >= 4 is 16.7 Å². The zero-order valence-electron chi connectivity index (χ0n) is 13.8. The topological polar surface area (TPSA) is 58.2 Å². The number of piperidine rings is 1. The van der Waals surface area contributed by atoms with Gasteiger partial charge in [0.15, 0.2) is 0 Å². The first-order chi connectivity index (χ1) is 11.0. The molecule has 0 bridgehead atoms. The Morgan fingerprint density at radius 1 is 1.39 bits per heavy atom. The molecule has 5 heteroatoms. The summed E-state index contributed by atoms with van der Waals surface area (Å²) in [7, 11) is 1.75. The number of methoxy groups -OCH3 is 1. The lowest BCUT2D eigenvalue weighted by molar-refractivity contribution is -0.0132. The number of anilines is 1. The number of aromatic amines is 1. The fourth-order valence-corrected chi connectivity index (χ4v) is 3.10. The number of pyridine rings is 2. The number of nitrogens with one attached hydrogen (secondary N) is 1. The Bertz CT molecular complexity index is 840. The second-order valence-corrected chi connectivity index (χ2v) is 6.31. The summed E-state index contributed by atoms with van der Waals surface area (Å²) in [4.78, 5) is 21.9. The smallest absolute Gasteiger partial charge is 0.266 e. The normalized spacial score (nSPS) is 17.2. The van der Waals surface area contributed by atoms with Crippen LogP contribution in [0.2, 0.25) is 0 Å². The summed E-state index contributed by atoms with van der Waals surface area (Å²) in [6.07, 6.45) is 7.38. The van der Waals surface area contributed by atoms with E-state index in [2.05, 4.69) is 27.7 Å². The third-order valence-electron chi connectivity index (χ3n) is 4.75. The lowest BCUT2D eigenvalue weighted by Gasteiger charge is -2.39. The summed E-state index contributed by atoms with van der Waals surface area (Å²) in [5.41, 5.74) is 3.15. The predicted molar refractivity (Wildman–Crippen MR) is 91.9 cm³/mol. The maximum atomic E-state index is 12.3. The molecule has 3 heterocycles. The molecular formula is C18H21N3O2. The zero-order valence-corrected chi connectivity index (χ0v) is 13.8. The predicted octanol–water partition coefficient (Wildman–Crippen LogP) is 2.22. The lowest BCUT2D eigenvalue weighted by atomic mass is 9.92. The van der Waals surface area contributed by atoms with Crippen molar-refractivity contribution in [2.45, 2.75) is 32.3 Å². The summed E-state index contributed by atoms with van der Waals surface area (Å²) in [6, 6.07) is 3.77. The van der Waals surface area contributed by atoms with Crippen LogP contribution in [-0.4, -0.2) is 35.8 Å². The van der Waals surface area contributed by atoms with Crippen molar-refractivity contribution in [1.29, 1.82) is 0 Å². The van der Waals surface area contributed by atoms with Crippen molar-refractivity contribution < 1.29 is 4.74 Å². The maximum absolute atomic E-state index is 12.3. The number of nitrogens with zero attached hydrogens (tertiary/aromatic N) is 2. The van der Waals surface area contributed by atoms with Gasteiger partial charge in [-0.15, -0.1) is 6.42 Å². The summed E-state index contributed by atoms with van der Waals surface area (Å²) in [6.45, 7) is 5.62. The van der Waals surface area contributed by atoms with Gasteiger partial charge in [-0.25, -0.2) is 4.98 Å². The summed E-state index contributed by atoms with van der Waals surface area (Å²) in [5, 5.41) is 0. The number of aromatic nitrogens is 2. The molecule has 3 rings (SSSR count). The number of rotatable bonds is 2. The quantitative estimate of drug-likeness (QED) is 0.864. The van der Waals surface area contributed by atoms with E-state index in [0.717, 1.165) is 48.3 Å². The van der Waals surface area contributed by atoms with E-state index in [1.165, 1.54) is 0 Å². The van der Waals surface area contributed by atoms with E-state index < -0.39 is 0 Å². The standard InChI is InChI=1S/C18H21N3O2/c1-5-13-16(21-10-8-18(3,23-4)9-11-21)15-14(20-17(13)22)7-6-12(2)19-15/h1,6-7H,8-11H2,2-4H3,(H,20,22). The van der Waals surface area contributed by atoms with E-state index >= 15 is 0 Å². The molecule has 0 aliphatic carbocycles. The molecule has 0 spiro atoms. The maximum Gasteiger partial charge on any atom is 0.266 e. The molecule has 1 aliphatic heterocycles. The summed E-state index contributed by atoms with van der Waals surface area (Å²) in [5.74, 6) is 2.55. The van der Waals surface area contributed by atoms with Crippen molar-refractivity contribution in [1.82, 2.24) is 9.97 Å². The monoisotopic (exact) mass is 311 g/mol. The van der Waals surface area contributed by atoms with Gasteiger partial charge >= 0.3 is 0 Å². The molecule has 1 aliphatic rings. The van der Waals surface area contributed by atoms with Crippen LogP contribution in [0.25, 0.3) is 11.0 Å². The number of hydrogen-bond donors (Lipinski definition) is 1. The van der Waals surface area contributed by atoms with Gasteiger partial charge < -0.3 is 14.6 Å². The lowest BCUT2D eigenvalue weighted by Crippen LogP contribution is -2.44. The minimum Gasteiger partial charge on any atom is -0.378 e. The highest BCUT2D eigenvalue weighted by Crippen LogP contribution is 2.32. The average molecular weight is 311 g/mol. The Morgan fingerprint density at radius 3 is 2.70 bits per heavy atom. The van der Waals surface area contributed by atoms with Gasteiger partial charge in [-0.05, 0) is 38.8 Å². The van der Waals surface area contributed by atoms with Crippen LogP contribution in [0, 0.1) is 19.3 Å². The van der Waals surface area contributed by atoms with E-state index in [1.807, 2.05) is 19.1 Å². The first kappa shape index (κ1) is 15.6. The van der Waals surface area contributed by atoms with Gasteiger partial charge in [0.1, 0.15) is 11.1 Å². The van der Waals surface area contributed by atoms with Crippen molar-refractivity contribution in [3.05, 3.63) is 33.7 Å². The fraction of sp³-hybridized carbons (Fsp3) is 0.444. The van der Waals surface area contributed by atoms with Crippen LogP contribution in [0.3, 0.4) is 0 Å². The Kier molecular flexibility index (Phi) is 3.87.